The number of hydrogen-bond acceptors (Lipinski definition) is 5. The highest BCUT2D eigenvalue weighted by Crippen LogP contribution is 2.13. The average Bonchev–Trinajstić information content (AvgIpc) is 2.53. The lowest BCUT2D eigenvalue weighted by Crippen LogP contribution is -2.36. The van der Waals surface area contributed by atoms with E-state index in [0.717, 1.165) is 0 Å². The maximum atomic E-state index is 11.9. The number of carbonyl (C=O) groups is 2. The van der Waals surface area contributed by atoms with Gasteiger partial charge in [0, 0.05) is 5.39 Å². The molecule has 2 aromatic rings. The average molecular weight is 343 g/mol. The van der Waals surface area contributed by atoms with Gasteiger partial charge in [-0.05, 0) is 6.07 Å². The molecular formula is C14H12F3N3O4. The number of rotatable bonds is 5. The first-order valence-corrected chi connectivity index (χ1v) is 6.71. The Balaban J connectivity index is 1.95. The maximum Gasteiger partial charge on any atom is 0.405 e. The van der Waals surface area contributed by atoms with E-state index in [-0.39, 0.29) is 12.1 Å². The third kappa shape index (κ3) is 4.80. The summed E-state index contributed by atoms with van der Waals surface area (Å²) in [5, 5.41) is 8.34. The SMILES string of the molecule is O=C(COC(=O)Cc1n[nH]c(=O)c2ccccc12)NCC(F)(F)F. The molecule has 0 spiro atoms. The normalized spacial score (nSPS) is 11.3. The van der Waals surface area contributed by atoms with Crippen LogP contribution in [0.5, 0.6) is 0 Å². The summed E-state index contributed by atoms with van der Waals surface area (Å²) in [5.41, 5.74) is -0.194. The molecule has 0 fully saturated rings. The third-order valence-electron chi connectivity index (χ3n) is 2.94. The summed E-state index contributed by atoms with van der Waals surface area (Å²) >= 11 is 0. The lowest BCUT2D eigenvalue weighted by atomic mass is 10.1. The summed E-state index contributed by atoms with van der Waals surface area (Å²) in [4.78, 5) is 34.4. The van der Waals surface area contributed by atoms with Gasteiger partial charge in [-0.2, -0.15) is 18.3 Å². The van der Waals surface area contributed by atoms with E-state index in [4.69, 9.17) is 0 Å². The second-order valence-corrected chi connectivity index (χ2v) is 4.77. The first-order chi connectivity index (χ1) is 11.3. The van der Waals surface area contributed by atoms with Crippen LogP contribution in [0.1, 0.15) is 5.69 Å². The highest BCUT2D eigenvalue weighted by Gasteiger charge is 2.27. The van der Waals surface area contributed by atoms with Gasteiger partial charge in [-0.25, -0.2) is 5.10 Å². The number of fused-ring (bicyclic) bond motifs is 1. The van der Waals surface area contributed by atoms with Crippen LogP contribution in [0, 0.1) is 0 Å². The second kappa shape index (κ2) is 7.11. The number of ether oxygens (including phenoxy) is 1. The molecule has 0 aliphatic carbocycles. The number of H-pyrrole nitrogens is 1. The molecule has 1 aromatic heterocycles. The van der Waals surface area contributed by atoms with Crippen molar-refractivity contribution in [2.24, 2.45) is 0 Å². The Labute approximate surface area is 132 Å². The number of halogens is 3. The van der Waals surface area contributed by atoms with Crippen LogP contribution >= 0.6 is 0 Å². The Morgan fingerprint density at radius 1 is 1.21 bits per heavy atom. The minimum Gasteiger partial charge on any atom is -0.455 e. The summed E-state index contributed by atoms with van der Waals surface area (Å²) in [7, 11) is 0. The molecule has 0 atom stereocenters. The molecular weight excluding hydrogens is 331 g/mol. The Kier molecular flexibility index (Phi) is 5.17. The van der Waals surface area contributed by atoms with Crippen molar-refractivity contribution in [1.82, 2.24) is 15.5 Å². The molecule has 2 rings (SSSR count). The maximum absolute atomic E-state index is 11.9. The van der Waals surface area contributed by atoms with E-state index in [1.807, 2.05) is 0 Å². The number of nitrogens with one attached hydrogen (secondary N) is 2. The fourth-order valence-electron chi connectivity index (χ4n) is 1.89. The minimum atomic E-state index is -4.54. The van der Waals surface area contributed by atoms with Crippen LogP contribution in [0.3, 0.4) is 0 Å². The van der Waals surface area contributed by atoms with Gasteiger partial charge in [0.25, 0.3) is 11.5 Å². The Hall–Kier alpha value is -2.91. The van der Waals surface area contributed by atoms with Crippen LogP contribution in [0.15, 0.2) is 29.1 Å². The molecule has 0 aliphatic rings. The summed E-state index contributed by atoms with van der Waals surface area (Å²) in [5.74, 6) is -1.93. The standard InChI is InChI=1S/C14H12F3N3O4/c15-14(16,17)7-18-11(21)6-24-12(22)5-10-8-3-1-2-4-9(8)13(23)20-19-10/h1-4H,5-7H2,(H,18,21)(H,20,23). The molecule has 0 unspecified atom stereocenters. The molecule has 128 valence electrons. The molecule has 24 heavy (non-hydrogen) atoms. The molecule has 10 heteroatoms. The fraction of sp³-hybridized carbons (Fsp3) is 0.286. The number of benzene rings is 1. The smallest absolute Gasteiger partial charge is 0.405 e. The van der Waals surface area contributed by atoms with E-state index in [0.29, 0.717) is 10.8 Å². The van der Waals surface area contributed by atoms with E-state index < -0.39 is 36.8 Å². The van der Waals surface area contributed by atoms with Crippen LogP contribution in [0.25, 0.3) is 10.8 Å². The lowest BCUT2D eigenvalue weighted by molar-refractivity contribution is -0.150. The van der Waals surface area contributed by atoms with Crippen molar-refractivity contribution >= 4 is 22.6 Å². The zero-order chi connectivity index (χ0) is 17.7. The Morgan fingerprint density at radius 2 is 1.88 bits per heavy atom. The number of aromatic amines is 1. The van der Waals surface area contributed by atoms with E-state index in [2.05, 4.69) is 14.9 Å². The summed E-state index contributed by atoms with van der Waals surface area (Å²) in [6, 6.07) is 6.44. The van der Waals surface area contributed by atoms with E-state index in [1.54, 1.807) is 29.6 Å². The third-order valence-corrected chi connectivity index (χ3v) is 2.94. The molecule has 0 aliphatic heterocycles. The highest BCUT2D eigenvalue weighted by molar-refractivity contribution is 5.87. The van der Waals surface area contributed by atoms with Crippen LogP contribution in [-0.4, -0.2) is 41.4 Å². The van der Waals surface area contributed by atoms with Crippen molar-refractivity contribution in [2.45, 2.75) is 12.6 Å². The van der Waals surface area contributed by atoms with Gasteiger partial charge >= 0.3 is 12.1 Å². The van der Waals surface area contributed by atoms with Gasteiger partial charge in [0.15, 0.2) is 6.61 Å². The number of alkyl halides is 3. The van der Waals surface area contributed by atoms with E-state index >= 15 is 0 Å². The number of carbonyl (C=O) groups excluding carboxylic acids is 2. The Morgan fingerprint density at radius 3 is 2.54 bits per heavy atom. The molecule has 1 aromatic carbocycles. The largest absolute Gasteiger partial charge is 0.455 e. The lowest BCUT2D eigenvalue weighted by Gasteiger charge is -2.09. The number of aromatic nitrogens is 2. The Bertz CT molecular complexity index is 817. The molecule has 0 saturated heterocycles. The molecule has 0 saturated carbocycles. The van der Waals surface area contributed by atoms with Crippen LogP contribution in [0.4, 0.5) is 13.2 Å². The fourth-order valence-corrected chi connectivity index (χ4v) is 1.89. The van der Waals surface area contributed by atoms with Crippen molar-refractivity contribution in [3.63, 3.8) is 0 Å². The second-order valence-electron chi connectivity index (χ2n) is 4.77. The minimum absolute atomic E-state index is 0.228. The van der Waals surface area contributed by atoms with Crippen molar-refractivity contribution in [3.05, 3.63) is 40.3 Å². The number of hydrogen-bond donors (Lipinski definition) is 2. The topological polar surface area (TPSA) is 101 Å². The first kappa shape index (κ1) is 17.4. The molecule has 1 heterocycles. The molecule has 0 radical (unpaired) electrons. The van der Waals surface area contributed by atoms with Crippen LogP contribution in [-0.2, 0) is 20.7 Å². The predicted molar refractivity (Wildman–Crippen MR) is 76.1 cm³/mol. The van der Waals surface area contributed by atoms with Crippen molar-refractivity contribution < 1.29 is 27.5 Å². The summed E-state index contributed by atoms with van der Waals surface area (Å²) in [6.45, 7) is -2.34. The zero-order valence-corrected chi connectivity index (χ0v) is 12.1. The zero-order valence-electron chi connectivity index (χ0n) is 12.1. The summed E-state index contributed by atoms with van der Waals surface area (Å²) in [6.07, 6.45) is -4.89. The molecule has 2 N–H and O–H groups in total. The van der Waals surface area contributed by atoms with Gasteiger partial charge in [0.05, 0.1) is 17.5 Å². The van der Waals surface area contributed by atoms with Gasteiger partial charge in [0.1, 0.15) is 6.54 Å². The quantitative estimate of drug-likeness (QED) is 0.778. The van der Waals surface area contributed by atoms with Gasteiger partial charge < -0.3 is 10.1 Å². The summed E-state index contributed by atoms with van der Waals surface area (Å²) < 4.78 is 40.4. The van der Waals surface area contributed by atoms with Crippen molar-refractivity contribution in [2.75, 3.05) is 13.2 Å². The highest BCUT2D eigenvalue weighted by atomic mass is 19.4. The first-order valence-electron chi connectivity index (χ1n) is 6.71. The number of nitrogens with zero attached hydrogens (tertiary/aromatic N) is 1. The number of esters is 1. The van der Waals surface area contributed by atoms with E-state index in [1.165, 1.54) is 0 Å². The van der Waals surface area contributed by atoms with Crippen molar-refractivity contribution in [1.29, 1.82) is 0 Å². The molecule has 0 bridgehead atoms. The van der Waals surface area contributed by atoms with E-state index in [9.17, 15) is 27.6 Å². The van der Waals surface area contributed by atoms with Gasteiger partial charge in [-0.15, -0.1) is 0 Å². The van der Waals surface area contributed by atoms with Crippen molar-refractivity contribution in [3.8, 4) is 0 Å². The predicted octanol–water partition coefficient (Wildman–Crippen LogP) is 0.687. The van der Waals surface area contributed by atoms with Gasteiger partial charge in [-0.1, -0.05) is 18.2 Å². The van der Waals surface area contributed by atoms with Gasteiger partial charge in [-0.3, -0.25) is 14.4 Å². The van der Waals surface area contributed by atoms with Gasteiger partial charge in [0.2, 0.25) is 0 Å². The number of amides is 1. The monoisotopic (exact) mass is 343 g/mol. The molecule has 1 amide bonds. The van der Waals surface area contributed by atoms with Crippen LogP contribution in [0.2, 0.25) is 0 Å². The molecule has 7 nitrogen and oxygen atoms in total. The van der Waals surface area contributed by atoms with Crippen LogP contribution < -0.4 is 10.9 Å².